The van der Waals surface area contributed by atoms with Gasteiger partial charge in [0.25, 0.3) is 0 Å². The number of aromatic hydroxyl groups is 1. The lowest BCUT2D eigenvalue weighted by Crippen LogP contribution is -2.43. The number of hydrogen-bond acceptors (Lipinski definition) is 8. The molecule has 2 fully saturated rings. The number of hydrogen-bond donors (Lipinski definition) is 1. The largest absolute Gasteiger partial charge is 0.508 e. The number of benzene rings is 2. The first-order valence-corrected chi connectivity index (χ1v) is 17.2. The third-order valence-electron chi connectivity index (χ3n) is 10.9. The average molecular weight is 670 g/mol. The maximum Gasteiger partial charge on any atom is 0.434 e. The van der Waals surface area contributed by atoms with Gasteiger partial charge >= 0.3 is 11.8 Å². The molecule has 49 heavy (non-hydrogen) atoms. The zero-order valence-corrected chi connectivity index (χ0v) is 27.0. The second-order valence-electron chi connectivity index (χ2n) is 14.0. The Morgan fingerprint density at radius 2 is 2.00 bits per heavy atom. The Morgan fingerprint density at radius 3 is 2.92 bits per heavy atom. The molecule has 0 radical (unpaired) electrons. The molecule has 3 atom stereocenters. The summed E-state index contributed by atoms with van der Waals surface area (Å²) in [5.74, 6) is -0.553. The van der Waals surface area contributed by atoms with Crippen LogP contribution in [-0.4, -0.2) is 88.7 Å². The van der Waals surface area contributed by atoms with Crippen LogP contribution in [0.2, 0.25) is 0 Å². The summed E-state index contributed by atoms with van der Waals surface area (Å²) in [4.78, 5) is 16.2. The predicted octanol–water partition coefficient (Wildman–Crippen LogP) is 6.35. The van der Waals surface area contributed by atoms with Gasteiger partial charge in [0, 0.05) is 53.6 Å². The minimum atomic E-state index is -0.917. The van der Waals surface area contributed by atoms with Crippen LogP contribution in [-0.2, 0) is 6.54 Å². The van der Waals surface area contributed by atoms with Crippen molar-refractivity contribution in [2.24, 2.45) is 5.92 Å². The molecule has 2 aromatic carbocycles. The van der Waals surface area contributed by atoms with Crippen LogP contribution in [0.25, 0.3) is 44.2 Å². The Kier molecular flexibility index (Phi) is 7.29. The first-order chi connectivity index (χ1) is 23.8. The molecule has 252 valence electrons. The Morgan fingerprint density at radius 1 is 1.08 bits per heavy atom. The number of halogens is 3. The first kappa shape index (κ1) is 30.4. The quantitative estimate of drug-likeness (QED) is 0.222. The fourth-order valence-electron chi connectivity index (χ4n) is 8.55. The predicted molar refractivity (Wildman–Crippen MR) is 177 cm³/mol. The Bertz CT molecular complexity index is 2150. The highest BCUT2D eigenvalue weighted by molar-refractivity contribution is 6.07. The van der Waals surface area contributed by atoms with Crippen molar-refractivity contribution in [3.8, 4) is 34.3 Å². The number of ether oxygens (including phenoxy) is 1. The fraction of sp³-hybridized carbons (Fsp3) is 0.444. The number of phenols is 1. The van der Waals surface area contributed by atoms with Gasteiger partial charge in [0.05, 0.1) is 24.5 Å². The van der Waals surface area contributed by atoms with Crippen LogP contribution in [0.5, 0.6) is 11.8 Å². The van der Waals surface area contributed by atoms with E-state index in [1.54, 1.807) is 17.1 Å². The Labute approximate surface area is 280 Å². The molecule has 3 aromatic heterocycles. The summed E-state index contributed by atoms with van der Waals surface area (Å²) in [6.07, 6.45) is 11.3. The summed E-state index contributed by atoms with van der Waals surface area (Å²) in [5.41, 5.74) is 0.0905. The van der Waals surface area contributed by atoms with Crippen molar-refractivity contribution in [1.82, 2.24) is 34.8 Å². The number of alkyl halides is 1. The van der Waals surface area contributed by atoms with Crippen molar-refractivity contribution < 1.29 is 27.6 Å². The zero-order valence-electron chi connectivity index (χ0n) is 27.0. The summed E-state index contributed by atoms with van der Waals surface area (Å²) >= 11 is 0. The molecule has 5 aliphatic heterocycles. The standard InChI is InChI=1S/C36H35F3N8O2/c37-23-15-36(9-4-11-46(36)18-23)20-49-35-41-33-26-16-40-32(31(33)39)25-14-24(48)13-22-7-8-27(38)30(29(22)25)28-19-47(44-43-28)12-2-1-5-21-6-3-10-45(17-21)34(26)42-35/h7-8,10,13-14,16,19,21,23H,1-6,9,11-12,15,17-18,20H2/p+1/t21?,23-,36+/m1/s1. The van der Waals surface area contributed by atoms with Gasteiger partial charge in [0.15, 0.2) is 5.82 Å². The number of phenolic OH excluding ortho intramolecular Hbond substituents is 1. The van der Waals surface area contributed by atoms with E-state index in [9.17, 15) is 9.50 Å². The highest BCUT2D eigenvalue weighted by Crippen LogP contribution is 2.43. The van der Waals surface area contributed by atoms with E-state index >= 15 is 8.78 Å². The van der Waals surface area contributed by atoms with Crippen LogP contribution in [0.3, 0.4) is 0 Å². The molecule has 8 heterocycles. The van der Waals surface area contributed by atoms with Gasteiger partial charge in [0.2, 0.25) is 0 Å². The molecule has 2 saturated heterocycles. The number of fused-ring (bicyclic) bond motifs is 5. The van der Waals surface area contributed by atoms with Crippen molar-refractivity contribution in [2.75, 3.05) is 26.2 Å². The molecule has 0 aliphatic carbocycles. The van der Waals surface area contributed by atoms with Gasteiger partial charge in [-0.1, -0.05) is 17.7 Å². The van der Waals surface area contributed by atoms with E-state index in [0.717, 1.165) is 51.5 Å². The molecular weight excluding hydrogens is 633 g/mol. The molecule has 5 aliphatic rings. The van der Waals surface area contributed by atoms with Crippen LogP contribution in [0.4, 0.5) is 19.0 Å². The number of aryl methyl sites for hydroxylation is 1. The first-order valence-electron chi connectivity index (χ1n) is 17.2. The minimum absolute atomic E-state index is 0.00222. The van der Waals surface area contributed by atoms with E-state index in [0.29, 0.717) is 59.6 Å². The van der Waals surface area contributed by atoms with Gasteiger partial charge in [-0.25, -0.2) is 17.7 Å². The third kappa shape index (κ3) is 5.20. The van der Waals surface area contributed by atoms with E-state index in [4.69, 9.17) is 9.72 Å². The van der Waals surface area contributed by atoms with Crippen molar-refractivity contribution in [2.45, 2.75) is 69.6 Å². The monoisotopic (exact) mass is 669 g/mol. The molecule has 10 rings (SSSR count). The van der Waals surface area contributed by atoms with Crippen molar-refractivity contribution in [3.05, 3.63) is 48.3 Å². The van der Waals surface area contributed by atoms with Crippen LogP contribution in [0.15, 0.2) is 36.7 Å². The highest BCUT2D eigenvalue weighted by Gasteiger charge is 2.49. The Balaban J connectivity index is 1.25. The average Bonchev–Trinajstić information content (AvgIpc) is 3.80. The lowest BCUT2D eigenvalue weighted by Gasteiger charge is -2.30. The van der Waals surface area contributed by atoms with Crippen molar-refractivity contribution in [1.29, 1.82) is 0 Å². The molecule has 1 N–H and O–H groups in total. The maximum atomic E-state index is 17.1. The molecule has 5 aromatic rings. The molecule has 8 bridgehead atoms. The number of pyridine rings is 1. The zero-order chi connectivity index (χ0) is 33.3. The molecule has 0 amide bonds. The molecule has 1 unspecified atom stereocenters. The number of nitrogens with zero attached hydrogens (tertiary/aromatic N) is 8. The second-order valence-corrected chi connectivity index (χ2v) is 14.0. The van der Waals surface area contributed by atoms with E-state index in [1.165, 1.54) is 24.3 Å². The summed E-state index contributed by atoms with van der Waals surface area (Å²) in [7, 11) is 0. The molecule has 13 heteroatoms. The summed E-state index contributed by atoms with van der Waals surface area (Å²) in [5, 5.41) is 20.6. The van der Waals surface area contributed by atoms with E-state index < -0.39 is 23.3 Å². The van der Waals surface area contributed by atoms with Gasteiger partial charge in [-0.15, -0.1) is 5.10 Å². The van der Waals surface area contributed by atoms with Crippen molar-refractivity contribution in [3.63, 3.8) is 0 Å². The molecule has 0 spiro atoms. The van der Waals surface area contributed by atoms with Gasteiger partial charge in [-0.2, -0.15) is 4.98 Å². The molecule has 0 saturated carbocycles. The SMILES string of the molecule is Oc1cc2c3c(c(F)ccc3c1)-c1cn(nn1)CCCCC1CCC=[N+](C1)c1nc(OC[C@@]34CCCN3C[C@H](F)C4)nc3c(F)c-2ncc13. The van der Waals surface area contributed by atoms with E-state index in [2.05, 4.69) is 36.0 Å². The third-order valence-corrected chi connectivity index (χ3v) is 10.9. The summed E-state index contributed by atoms with van der Waals surface area (Å²) in [6.45, 7) is 2.73. The van der Waals surface area contributed by atoms with E-state index in [1.807, 2.05) is 0 Å². The minimum Gasteiger partial charge on any atom is -0.508 e. The van der Waals surface area contributed by atoms with Gasteiger partial charge in [0.1, 0.15) is 46.6 Å². The molecule has 10 nitrogen and oxygen atoms in total. The Hall–Kier alpha value is -4.65. The van der Waals surface area contributed by atoms with Crippen LogP contribution < -0.4 is 4.74 Å². The highest BCUT2D eigenvalue weighted by atomic mass is 19.1. The van der Waals surface area contributed by atoms with Crippen LogP contribution >= 0.6 is 0 Å². The van der Waals surface area contributed by atoms with E-state index in [-0.39, 0.29) is 40.7 Å². The molecular formula is C36H36F3N8O2+. The summed E-state index contributed by atoms with van der Waals surface area (Å²) < 4.78 is 57.5. The van der Waals surface area contributed by atoms with Gasteiger partial charge in [-0.05, 0) is 68.2 Å². The van der Waals surface area contributed by atoms with Crippen LogP contribution in [0, 0.1) is 17.6 Å². The van der Waals surface area contributed by atoms with Gasteiger partial charge in [-0.3, -0.25) is 14.6 Å². The lowest BCUT2D eigenvalue weighted by molar-refractivity contribution is -0.454. The second kappa shape index (κ2) is 11.7. The van der Waals surface area contributed by atoms with Crippen molar-refractivity contribution >= 4 is 33.7 Å². The number of rotatable bonds is 3. The normalized spacial score (nSPS) is 23.9. The van der Waals surface area contributed by atoms with Crippen LogP contribution in [0.1, 0.15) is 51.4 Å². The maximum absolute atomic E-state index is 17.1. The number of aromatic nitrogens is 6. The summed E-state index contributed by atoms with van der Waals surface area (Å²) in [6, 6.07) is 5.75. The topological polar surface area (TPSA) is 105 Å². The van der Waals surface area contributed by atoms with Gasteiger partial charge < -0.3 is 9.84 Å². The lowest BCUT2D eigenvalue weighted by atomic mass is 9.93. The smallest absolute Gasteiger partial charge is 0.434 e. The fourth-order valence-corrected chi connectivity index (χ4v) is 8.55.